The maximum Gasteiger partial charge on any atom is 0.255 e. The molecule has 0 fully saturated rings. The van der Waals surface area contributed by atoms with E-state index in [1.807, 2.05) is 36.4 Å². The van der Waals surface area contributed by atoms with E-state index in [0.29, 0.717) is 17.8 Å². The van der Waals surface area contributed by atoms with E-state index < -0.39 is 0 Å². The molecule has 7 nitrogen and oxygen atoms in total. The normalized spacial score (nSPS) is 13.2. The summed E-state index contributed by atoms with van der Waals surface area (Å²) >= 11 is 0. The molecule has 0 radical (unpaired) electrons. The Hall–Kier alpha value is -4.52. The van der Waals surface area contributed by atoms with Crippen LogP contribution in [-0.2, 0) is 11.2 Å². The molecule has 0 bridgehead atoms. The average Bonchev–Trinajstić information content (AvgIpc) is 3.29. The van der Waals surface area contributed by atoms with Gasteiger partial charge in [0.25, 0.3) is 5.56 Å². The van der Waals surface area contributed by atoms with Gasteiger partial charge in [-0.3, -0.25) is 19.1 Å². The molecule has 0 spiro atoms. The third-order valence-corrected chi connectivity index (χ3v) is 6.17. The molecule has 2 N–H and O–H groups in total. The molecule has 4 aromatic rings. The quantitative estimate of drug-likeness (QED) is 0.275. The van der Waals surface area contributed by atoms with E-state index in [0.717, 1.165) is 45.0 Å². The summed E-state index contributed by atoms with van der Waals surface area (Å²) in [5.41, 5.74) is 5.38. The number of hydrogen-bond acceptors (Lipinski definition) is 5. The highest BCUT2D eigenvalue weighted by Crippen LogP contribution is 2.32. The van der Waals surface area contributed by atoms with Crippen molar-refractivity contribution in [3.8, 4) is 5.69 Å². The molecule has 7 heteroatoms. The van der Waals surface area contributed by atoms with Crippen LogP contribution in [0.4, 0.5) is 5.69 Å². The van der Waals surface area contributed by atoms with Crippen molar-refractivity contribution in [3.63, 3.8) is 0 Å². The van der Waals surface area contributed by atoms with Crippen molar-refractivity contribution in [1.29, 1.82) is 5.41 Å². The zero-order valence-corrected chi connectivity index (χ0v) is 18.7. The first-order valence-corrected chi connectivity index (χ1v) is 11.0. The molecule has 2 aromatic carbocycles. The maximum absolute atomic E-state index is 13.2. The number of aromatic nitrogens is 2. The molecule has 0 saturated heterocycles. The summed E-state index contributed by atoms with van der Waals surface area (Å²) in [4.78, 5) is 31.9. The van der Waals surface area contributed by atoms with Crippen LogP contribution in [0.15, 0.2) is 78.4 Å². The summed E-state index contributed by atoms with van der Waals surface area (Å²) in [6.07, 6.45) is 6.88. The molecule has 0 unspecified atom stereocenters. The van der Waals surface area contributed by atoms with Gasteiger partial charge in [0.15, 0.2) is 0 Å². The highest BCUT2D eigenvalue weighted by molar-refractivity contribution is 6.11. The number of fused-ring (bicyclic) bond motifs is 4. The van der Waals surface area contributed by atoms with Gasteiger partial charge >= 0.3 is 0 Å². The largest absolute Gasteiger partial charge is 0.393 e. The van der Waals surface area contributed by atoms with Gasteiger partial charge in [-0.15, -0.1) is 0 Å². The highest BCUT2D eigenvalue weighted by Gasteiger charge is 2.24. The van der Waals surface area contributed by atoms with Gasteiger partial charge in [-0.25, -0.2) is 0 Å². The van der Waals surface area contributed by atoms with Gasteiger partial charge in [-0.05, 0) is 54.0 Å². The number of nitrogens with one attached hydrogen (secondary N) is 2. The van der Waals surface area contributed by atoms with Crippen LogP contribution in [-0.4, -0.2) is 35.3 Å². The summed E-state index contributed by atoms with van der Waals surface area (Å²) < 4.78 is 1.67. The van der Waals surface area contributed by atoms with E-state index in [9.17, 15) is 9.59 Å². The van der Waals surface area contributed by atoms with Gasteiger partial charge < -0.3 is 15.6 Å². The highest BCUT2D eigenvalue weighted by atomic mass is 16.2. The fraction of sp³-hybridized carbons (Fsp3) is 0.111. The Balaban J connectivity index is 1.81. The first-order chi connectivity index (χ1) is 16.5. The van der Waals surface area contributed by atoms with Crippen molar-refractivity contribution in [2.75, 3.05) is 18.5 Å². The van der Waals surface area contributed by atoms with Crippen LogP contribution in [0.3, 0.4) is 0 Å². The zero-order chi connectivity index (χ0) is 23.8. The molecule has 1 amide bonds. The molecule has 34 heavy (non-hydrogen) atoms. The number of carbonyl (C=O) groups is 1. The number of hydrogen-bond donors (Lipinski definition) is 2. The van der Waals surface area contributed by atoms with Gasteiger partial charge in [0, 0.05) is 60.3 Å². The van der Waals surface area contributed by atoms with E-state index in [-0.39, 0.29) is 11.5 Å². The van der Waals surface area contributed by atoms with E-state index in [1.165, 1.54) is 18.4 Å². The number of anilines is 1. The molecular formula is C27H23N5O2. The lowest BCUT2D eigenvalue weighted by Crippen LogP contribution is -2.27. The number of pyridine rings is 2. The SMILES string of the molecule is C=CC(=O)N1CCc2ccc(-n3c(=O)ccc4cnc5ccc(/C(C=N)=C/NC)cc5c43)cc21. The Morgan fingerprint density at radius 3 is 2.79 bits per heavy atom. The van der Waals surface area contributed by atoms with Crippen molar-refractivity contribution in [2.45, 2.75) is 6.42 Å². The fourth-order valence-corrected chi connectivity index (χ4v) is 4.56. The summed E-state index contributed by atoms with van der Waals surface area (Å²) in [7, 11) is 1.79. The van der Waals surface area contributed by atoms with Crippen molar-refractivity contribution >= 4 is 45.2 Å². The van der Waals surface area contributed by atoms with E-state index in [2.05, 4.69) is 16.9 Å². The molecule has 1 aliphatic rings. The van der Waals surface area contributed by atoms with Crippen molar-refractivity contribution in [1.82, 2.24) is 14.9 Å². The molecule has 2 aromatic heterocycles. The smallest absolute Gasteiger partial charge is 0.255 e. The Morgan fingerprint density at radius 2 is 2.03 bits per heavy atom. The van der Waals surface area contributed by atoms with Gasteiger partial charge in [0.2, 0.25) is 5.91 Å². The summed E-state index contributed by atoms with van der Waals surface area (Å²) in [6.45, 7) is 4.20. The van der Waals surface area contributed by atoms with Crippen molar-refractivity contribution < 1.29 is 4.79 Å². The van der Waals surface area contributed by atoms with Crippen LogP contribution in [0.25, 0.3) is 33.1 Å². The van der Waals surface area contributed by atoms with Crippen LogP contribution in [0.2, 0.25) is 0 Å². The number of carbonyl (C=O) groups excluding carboxylic acids is 1. The minimum atomic E-state index is -0.178. The number of amides is 1. The molecule has 168 valence electrons. The van der Waals surface area contributed by atoms with Crippen LogP contribution in [0, 0.1) is 5.41 Å². The fourth-order valence-electron chi connectivity index (χ4n) is 4.56. The summed E-state index contributed by atoms with van der Waals surface area (Å²) in [5, 5.41) is 12.4. The third-order valence-electron chi connectivity index (χ3n) is 6.17. The number of allylic oxidation sites excluding steroid dienone is 1. The molecule has 3 heterocycles. The van der Waals surface area contributed by atoms with Crippen LogP contribution < -0.4 is 15.8 Å². The second-order valence-corrected chi connectivity index (χ2v) is 8.09. The van der Waals surface area contributed by atoms with E-state index in [4.69, 9.17) is 5.41 Å². The Morgan fingerprint density at radius 1 is 1.18 bits per heavy atom. The lowest BCUT2D eigenvalue weighted by Gasteiger charge is -2.18. The number of benzene rings is 2. The predicted molar refractivity (Wildman–Crippen MR) is 137 cm³/mol. The first-order valence-electron chi connectivity index (χ1n) is 11.0. The minimum absolute atomic E-state index is 0.157. The van der Waals surface area contributed by atoms with Gasteiger partial charge in [-0.1, -0.05) is 18.7 Å². The summed E-state index contributed by atoms with van der Waals surface area (Å²) in [5.74, 6) is -0.157. The zero-order valence-electron chi connectivity index (χ0n) is 18.7. The Labute approximate surface area is 196 Å². The van der Waals surface area contributed by atoms with E-state index >= 15 is 0 Å². The maximum atomic E-state index is 13.2. The summed E-state index contributed by atoms with van der Waals surface area (Å²) in [6, 6.07) is 14.9. The number of rotatable bonds is 5. The molecule has 0 atom stereocenters. The van der Waals surface area contributed by atoms with E-state index in [1.54, 1.807) is 35.0 Å². The van der Waals surface area contributed by atoms with Crippen molar-refractivity contribution in [3.05, 3.63) is 95.1 Å². The molecular weight excluding hydrogens is 426 g/mol. The van der Waals surface area contributed by atoms with Crippen molar-refractivity contribution in [2.24, 2.45) is 0 Å². The van der Waals surface area contributed by atoms with Crippen LogP contribution in [0.1, 0.15) is 11.1 Å². The van der Waals surface area contributed by atoms with Gasteiger partial charge in [0.1, 0.15) is 0 Å². The minimum Gasteiger partial charge on any atom is -0.393 e. The second-order valence-electron chi connectivity index (χ2n) is 8.09. The monoisotopic (exact) mass is 449 g/mol. The van der Waals surface area contributed by atoms with Gasteiger partial charge in [0.05, 0.1) is 16.7 Å². The standard InChI is InChI=1S/C27H23N5O2/c1-3-25(33)31-11-10-17-4-7-21(13-24(17)31)32-26(34)9-6-19-16-30-23-8-5-18(12-22(23)27(19)32)20(14-28)15-29-2/h3-9,12-16,28-29H,1,10-11H2,2H3/b20-15+,28-14?. The molecule has 0 aliphatic carbocycles. The molecule has 5 rings (SSSR count). The molecule has 1 aliphatic heterocycles. The average molecular weight is 450 g/mol. The third kappa shape index (κ3) is 3.38. The topological polar surface area (TPSA) is 91.1 Å². The Kier molecular flexibility index (Phi) is 5.30. The lowest BCUT2D eigenvalue weighted by molar-refractivity contribution is -0.114. The van der Waals surface area contributed by atoms with Gasteiger partial charge in [-0.2, -0.15) is 0 Å². The second kappa shape index (κ2) is 8.44. The first kappa shape index (κ1) is 21.3. The lowest BCUT2D eigenvalue weighted by atomic mass is 10.0. The number of nitrogens with zero attached hydrogens (tertiary/aromatic N) is 3. The predicted octanol–water partition coefficient (Wildman–Crippen LogP) is 3.82. The Bertz CT molecular complexity index is 1580. The molecule has 0 saturated carbocycles. The van der Waals surface area contributed by atoms with Crippen LogP contribution >= 0.6 is 0 Å². The van der Waals surface area contributed by atoms with Crippen LogP contribution in [0.5, 0.6) is 0 Å².